The maximum atomic E-state index is 4.03. The van der Waals surface area contributed by atoms with Gasteiger partial charge in [0.2, 0.25) is 0 Å². The first kappa shape index (κ1) is 6.83. The molecule has 0 radical (unpaired) electrons. The summed E-state index contributed by atoms with van der Waals surface area (Å²) < 4.78 is 0. The molecule has 0 aliphatic heterocycles. The van der Waals surface area contributed by atoms with E-state index in [4.69, 9.17) is 0 Å². The molecule has 3 nitrogen and oxygen atoms in total. The molecule has 12 heavy (non-hydrogen) atoms. The van der Waals surface area contributed by atoms with Crippen LogP contribution in [0.5, 0.6) is 0 Å². The van der Waals surface area contributed by atoms with E-state index in [9.17, 15) is 0 Å². The largest absolute Gasteiger partial charge is 0.259 e. The lowest BCUT2D eigenvalue weighted by Crippen LogP contribution is -1.82. The summed E-state index contributed by atoms with van der Waals surface area (Å²) in [5.41, 5.74) is 3.98. The van der Waals surface area contributed by atoms with Gasteiger partial charge in [-0.15, -0.1) is 5.73 Å². The maximum absolute atomic E-state index is 4.03. The van der Waals surface area contributed by atoms with E-state index in [1.807, 2.05) is 30.4 Å². The fraction of sp³-hybridized carbons (Fsp3) is 0. The van der Waals surface area contributed by atoms with Crippen LogP contribution in [0, 0.1) is 0 Å². The van der Waals surface area contributed by atoms with Crippen LogP contribution in [0.2, 0.25) is 0 Å². The zero-order chi connectivity index (χ0) is 8.23. The summed E-state index contributed by atoms with van der Waals surface area (Å²) in [7, 11) is 0. The normalized spacial score (nSPS) is 14.5. The Bertz CT molecular complexity index is 376. The molecule has 1 aromatic heterocycles. The fourth-order valence-electron chi connectivity index (χ4n) is 0.948. The molecule has 0 fully saturated rings. The zero-order valence-electron chi connectivity index (χ0n) is 6.36. The first-order valence-electron chi connectivity index (χ1n) is 3.62. The number of aromatic amines is 1. The Labute approximate surface area is 69.8 Å². The van der Waals surface area contributed by atoms with Crippen molar-refractivity contribution in [3.05, 3.63) is 48.3 Å². The molecule has 1 heterocycles. The summed E-state index contributed by atoms with van der Waals surface area (Å²) >= 11 is 0. The van der Waals surface area contributed by atoms with E-state index in [1.54, 1.807) is 0 Å². The Kier molecular flexibility index (Phi) is 1.72. The molecule has 1 N–H and O–H groups in total. The summed E-state index contributed by atoms with van der Waals surface area (Å²) in [5.74, 6) is 0.766. The minimum Gasteiger partial charge on any atom is -0.259 e. The van der Waals surface area contributed by atoms with E-state index < -0.39 is 0 Å². The summed E-state index contributed by atoms with van der Waals surface area (Å²) in [5, 5.41) is 6.56. The highest BCUT2D eigenvalue weighted by Crippen LogP contribution is 2.10. The predicted octanol–water partition coefficient (Wildman–Crippen LogP) is 1.47. The van der Waals surface area contributed by atoms with Gasteiger partial charge in [0, 0.05) is 5.57 Å². The van der Waals surface area contributed by atoms with Gasteiger partial charge in [-0.1, -0.05) is 18.2 Å². The Morgan fingerprint density at radius 1 is 1.33 bits per heavy atom. The molecule has 0 aromatic carbocycles. The lowest BCUT2D eigenvalue weighted by Gasteiger charge is -1.90. The summed E-state index contributed by atoms with van der Waals surface area (Å²) in [6, 6.07) is 0. The van der Waals surface area contributed by atoms with Gasteiger partial charge in [0.15, 0.2) is 5.82 Å². The lowest BCUT2D eigenvalue weighted by atomic mass is 10.2. The molecule has 0 bridgehead atoms. The highest BCUT2D eigenvalue weighted by atomic mass is 15.2. The Morgan fingerprint density at radius 2 is 2.33 bits per heavy atom. The third-order valence-corrected chi connectivity index (χ3v) is 1.51. The van der Waals surface area contributed by atoms with Gasteiger partial charge >= 0.3 is 0 Å². The quantitative estimate of drug-likeness (QED) is 0.627. The average molecular weight is 157 g/mol. The van der Waals surface area contributed by atoms with Gasteiger partial charge in [0.05, 0.1) is 0 Å². The number of aromatic nitrogens is 3. The smallest absolute Gasteiger partial charge is 0.156 e. The molecule has 58 valence electrons. The van der Waals surface area contributed by atoms with Crippen LogP contribution >= 0.6 is 0 Å². The number of hydrogen-bond acceptors (Lipinski definition) is 2. The van der Waals surface area contributed by atoms with E-state index in [0.717, 1.165) is 11.4 Å². The number of allylic oxidation sites excluding steroid dienone is 5. The zero-order valence-corrected chi connectivity index (χ0v) is 6.36. The number of hydrogen-bond donors (Lipinski definition) is 1. The van der Waals surface area contributed by atoms with Crippen LogP contribution in [0.15, 0.2) is 42.4 Å². The second-order valence-electron chi connectivity index (χ2n) is 2.32. The molecule has 3 heteroatoms. The van der Waals surface area contributed by atoms with Crippen molar-refractivity contribution < 1.29 is 0 Å². The Morgan fingerprint density at radius 3 is 3.17 bits per heavy atom. The van der Waals surface area contributed by atoms with Gasteiger partial charge in [-0.2, -0.15) is 5.10 Å². The Hall–Kier alpha value is -1.86. The van der Waals surface area contributed by atoms with Crippen molar-refractivity contribution >= 4 is 5.57 Å². The van der Waals surface area contributed by atoms with Crippen LogP contribution in [-0.2, 0) is 0 Å². The van der Waals surface area contributed by atoms with E-state index in [1.165, 1.54) is 6.33 Å². The minimum absolute atomic E-state index is 0.766. The van der Waals surface area contributed by atoms with Crippen molar-refractivity contribution in [3.8, 4) is 0 Å². The van der Waals surface area contributed by atoms with Gasteiger partial charge in [-0.3, -0.25) is 5.10 Å². The molecule has 0 saturated carbocycles. The van der Waals surface area contributed by atoms with Crippen molar-refractivity contribution in [2.24, 2.45) is 0 Å². The van der Waals surface area contributed by atoms with E-state index in [-0.39, 0.29) is 0 Å². The molecule has 0 unspecified atom stereocenters. The molecule has 1 aromatic rings. The van der Waals surface area contributed by atoms with Crippen LogP contribution in [-0.4, -0.2) is 15.2 Å². The monoisotopic (exact) mass is 157 g/mol. The summed E-state index contributed by atoms with van der Waals surface area (Å²) in [4.78, 5) is 4.03. The van der Waals surface area contributed by atoms with Crippen LogP contribution in [0.25, 0.3) is 5.57 Å². The minimum atomic E-state index is 0.766. The SMILES string of the molecule is C1=CC=CC=C(c2ncn[nH]2)C=1. The lowest BCUT2D eigenvalue weighted by molar-refractivity contribution is 1.07. The summed E-state index contributed by atoms with van der Waals surface area (Å²) in [6.07, 6.45) is 11.0. The Balaban J connectivity index is 2.42. The highest BCUT2D eigenvalue weighted by molar-refractivity contribution is 5.71. The topological polar surface area (TPSA) is 41.6 Å². The van der Waals surface area contributed by atoms with Crippen molar-refractivity contribution in [3.63, 3.8) is 0 Å². The number of H-pyrrole nitrogens is 1. The van der Waals surface area contributed by atoms with Crippen LogP contribution in [0.1, 0.15) is 5.82 Å². The molecule has 1 aliphatic rings. The molecule has 0 saturated heterocycles. The molecule has 1 aliphatic carbocycles. The summed E-state index contributed by atoms with van der Waals surface area (Å²) in [6.45, 7) is 0. The van der Waals surface area contributed by atoms with E-state index in [0.29, 0.717) is 0 Å². The molecular formula is C9H7N3. The van der Waals surface area contributed by atoms with E-state index in [2.05, 4.69) is 20.9 Å². The number of nitrogens with one attached hydrogen (secondary N) is 1. The standard InChI is InChI=1S/C9H7N3/c1-2-4-6-8(5-3-1)9-10-7-11-12-9/h1-3,5-7H,(H,10,11,12). The third kappa shape index (κ3) is 1.26. The fourth-order valence-corrected chi connectivity index (χ4v) is 0.948. The first-order valence-corrected chi connectivity index (χ1v) is 3.62. The van der Waals surface area contributed by atoms with Crippen molar-refractivity contribution in [2.75, 3.05) is 0 Å². The van der Waals surface area contributed by atoms with Crippen LogP contribution in [0.3, 0.4) is 0 Å². The number of rotatable bonds is 1. The maximum Gasteiger partial charge on any atom is 0.156 e. The molecule has 0 amide bonds. The first-order chi connectivity index (χ1) is 5.97. The van der Waals surface area contributed by atoms with Crippen molar-refractivity contribution in [2.45, 2.75) is 0 Å². The second kappa shape index (κ2) is 3.03. The highest BCUT2D eigenvalue weighted by Gasteiger charge is 1.98. The predicted molar refractivity (Wildman–Crippen MR) is 46.2 cm³/mol. The van der Waals surface area contributed by atoms with Gasteiger partial charge in [-0.25, -0.2) is 4.98 Å². The van der Waals surface area contributed by atoms with E-state index >= 15 is 0 Å². The van der Waals surface area contributed by atoms with Gasteiger partial charge in [0.1, 0.15) is 6.33 Å². The van der Waals surface area contributed by atoms with Gasteiger partial charge < -0.3 is 0 Å². The van der Waals surface area contributed by atoms with Crippen LogP contribution in [0.4, 0.5) is 0 Å². The van der Waals surface area contributed by atoms with Crippen molar-refractivity contribution in [1.29, 1.82) is 0 Å². The average Bonchev–Trinajstić information content (AvgIpc) is 2.48. The molecule has 2 rings (SSSR count). The molecular weight excluding hydrogens is 150 g/mol. The second-order valence-corrected chi connectivity index (χ2v) is 2.32. The van der Waals surface area contributed by atoms with Gasteiger partial charge in [-0.05, 0) is 12.2 Å². The van der Waals surface area contributed by atoms with Crippen molar-refractivity contribution in [1.82, 2.24) is 15.2 Å². The van der Waals surface area contributed by atoms with Crippen LogP contribution < -0.4 is 0 Å². The third-order valence-electron chi connectivity index (χ3n) is 1.51. The number of nitrogens with zero attached hydrogens (tertiary/aromatic N) is 2. The molecule has 0 atom stereocenters. The van der Waals surface area contributed by atoms with Gasteiger partial charge in [0.25, 0.3) is 0 Å². The molecule has 0 spiro atoms.